The van der Waals surface area contributed by atoms with E-state index >= 15 is 0 Å². The molecule has 2 aromatic rings. The summed E-state index contributed by atoms with van der Waals surface area (Å²) >= 11 is 1.08. The number of benzene rings is 2. The number of methoxy groups -OCH3 is 1. The number of ether oxygens (including phenoxy) is 1. The fraction of sp³-hybridized carbons (Fsp3) is 0.217. The Morgan fingerprint density at radius 1 is 1.13 bits per heavy atom. The van der Waals surface area contributed by atoms with Gasteiger partial charge in [0.25, 0.3) is 0 Å². The SMILES string of the molecule is COC(=O)C1C(=O)NC(SCC(=O)c2ccccc2)=C(C#N)C1c1ccc(C)cc1. The number of carbonyl (C=O) groups is 3. The van der Waals surface area contributed by atoms with E-state index < -0.39 is 23.7 Å². The maximum absolute atomic E-state index is 12.8. The highest BCUT2D eigenvalue weighted by molar-refractivity contribution is 8.03. The van der Waals surface area contributed by atoms with Crippen molar-refractivity contribution < 1.29 is 19.1 Å². The van der Waals surface area contributed by atoms with Gasteiger partial charge < -0.3 is 10.1 Å². The lowest BCUT2D eigenvalue weighted by Crippen LogP contribution is -2.44. The Kier molecular flexibility index (Phi) is 6.70. The van der Waals surface area contributed by atoms with Gasteiger partial charge in [-0.15, -0.1) is 0 Å². The topological polar surface area (TPSA) is 96.3 Å². The number of nitrogens with one attached hydrogen (secondary N) is 1. The maximum atomic E-state index is 12.8. The van der Waals surface area contributed by atoms with Gasteiger partial charge in [-0.3, -0.25) is 14.4 Å². The van der Waals surface area contributed by atoms with E-state index in [2.05, 4.69) is 11.4 Å². The number of ketones is 1. The van der Waals surface area contributed by atoms with Crippen LogP contribution in [0, 0.1) is 24.2 Å². The molecule has 0 fully saturated rings. The highest BCUT2D eigenvalue weighted by Gasteiger charge is 2.44. The number of nitrogens with zero attached hydrogens (tertiary/aromatic N) is 1. The van der Waals surface area contributed by atoms with Crippen molar-refractivity contribution in [3.63, 3.8) is 0 Å². The molecule has 1 amide bonds. The van der Waals surface area contributed by atoms with Gasteiger partial charge in [-0.2, -0.15) is 5.26 Å². The minimum Gasteiger partial charge on any atom is -0.468 e. The molecule has 0 aliphatic carbocycles. The summed E-state index contributed by atoms with van der Waals surface area (Å²) in [5.41, 5.74) is 2.46. The van der Waals surface area contributed by atoms with E-state index in [1.165, 1.54) is 7.11 Å². The molecule has 1 aliphatic heterocycles. The van der Waals surface area contributed by atoms with Crippen LogP contribution in [0.5, 0.6) is 0 Å². The predicted octanol–water partition coefficient (Wildman–Crippen LogP) is 3.35. The van der Waals surface area contributed by atoms with Crippen molar-refractivity contribution in [3.8, 4) is 6.07 Å². The third-order valence-electron chi connectivity index (χ3n) is 4.86. The average molecular weight is 420 g/mol. The highest BCUT2D eigenvalue weighted by Crippen LogP contribution is 2.40. The third-order valence-corrected chi connectivity index (χ3v) is 5.88. The van der Waals surface area contributed by atoms with Gasteiger partial charge in [0.1, 0.15) is 5.92 Å². The van der Waals surface area contributed by atoms with E-state index in [9.17, 15) is 19.6 Å². The summed E-state index contributed by atoms with van der Waals surface area (Å²) in [4.78, 5) is 37.6. The number of hydrogen-bond acceptors (Lipinski definition) is 6. The molecule has 30 heavy (non-hydrogen) atoms. The number of allylic oxidation sites excluding steroid dienone is 1. The molecule has 6 nitrogen and oxygen atoms in total. The molecule has 1 N–H and O–H groups in total. The van der Waals surface area contributed by atoms with E-state index in [1.807, 2.05) is 25.1 Å². The van der Waals surface area contributed by atoms with Crippen LogP contribution in [-0.4, -0.2) is 30.5 Å². The summed E-state index contributed by atoms with van der Waals surface area (Å²) in [6.45, 7) is 1.92. The molecule has 7 heteroatoms. The number of hydrogen-bond donors (Lipinski definition) is 1. The maximum Gasteiger partial charge on any atom is 0.319 e. The second-order valence-corrected chi connectivity index (χ2v) is 7.80. The van der Waals surface area contributed by atoms with Crippen LogP contribution >= 0.6 is 11.8 Å². The summed E-state index contributed by atoms with van der Waals surface area (Å²) < 4.78 is 4.83. The molecule has 0 bridgehead atoms. The Morgan fingerprint density at radius 2 is 1.80 bits per heavy atom. The Bertz CT molecular complexity index is 1040. The summed E-state index contributed by atoms with van der Waals surface area (Å²) in [6.07, 6.45) is 0. The lowest BCUT2D eigenvalue weighted by molar-refractivity contribution is -0.150. The minimum absolute atomic E-state index is 0.0499. The summed E-state index contributed by atoms with van der Waals surface area (Å²) in [7, 11) is 1.21. The quantitative estimate of drug-likeness (QED) is 0.437. The molecule has 0 aromatic heterocycles. The van der Waals surface area contributed by atoms with Crippen LogP contribution in [0.15, 0.2) is 65.2 Å². The van der Waals surface area contributed by atoms with Crippen molar-refractivity contribution >= 4 is 29.4 Å². The van der Waals surface area contributed by atoms with Crippen molar-refractivity contribution in [2.45, 2.75) is 12.8 Å². The molecule has 0 saturated carbocycles. The van der Waals surface area contributed by atoms with Crippen LogP contribution in [0.2, 0.25) is 0 Å². The summed E-state index contributed by atoms with van der Waals surface area (Å²) in [5, 5.41) is 12.8. The highest BCUT2D eigenvalue weighted by atomic mass is 32.2. The monoisotopic (exact) mass is 420 g/mol. The molecule has 1 aliphatic rings. The first-order valence-corrected chi connectivity index (χ1v) is 10.3. The standard InChI is InChI=1S/C23H20N2O4S/c1-14-8-10-16(11-9-14)19-17(12-24)22(25-21(27)20(19)23(28)29-2)30-13-18(26)15-6-4-3-5-7-15/h3-11,19-20H,13H2,1-2H3,(H,25,27). The first kappa shape index (κ1) is 21.3. The van der Waals surface area contributed by atoms with Crippen molar-refractivity contribution in [1.29, 1.82) is 5.26 Å². The summed E-state index contributed by atoms with van der Waals surface area (Å²) in [6, 6.07) is 18.2. The normalized spacial score (nSPS) is 18.4. The van der Waals surface area contributed by atoms with Gasteiger partial charge in [0, 0.05) is 11.5 Å². The van der Waals surface area contributed by atoms with Gasteiger partial charge in [-0.05, 0) is 12.5 Å². The van der Waals surface area contributed by atoms with Crippen molar-refractivity contribution in [3.05, 3.63) is 81.9 Å². The lowest BCUT2D eigenvalue weighted by Gasteiger charge is -2.31. The first-order valence-electron chi connectivity index (χ1n) is 9.26. The Balaban J connectivity index is 1.97. The molecule has 0 radical (unpaired) electrons. The number of aryl methyl sites for hydroxylation is 1. The van der Waals surface area contributed by atoms with E-state index in [4.69, 9.17) is 4.74 Å². The van der Waals surface area contributed by atoms with Gasteiger partial charge in [0.15, 0.2) is 5.78 Å². The summed E-state index contributed by atoms with van der Waals surface area (Å²) in [5.74, 6) is -3.31. The average Bonchev–Trinajstić information content (AvgIpc) is 2.77. The zero-order valence-corrected chi connectivity index (χ0v) is 17.4. The fourth-order valence-corrected chi connectivity index (χ4v) is 4.24. The van der Waals surface area contributed by atoms with Crippen LogP contribution in [0.1, 0.15) is 27.4 Å². The van der Waals surface area contributed by atoms with Gasteiger partial charge in [0.05, 0.1) is 29.5 Å². The Labute approximate surface area is 178 Å². The molecular weight excluding hydrogens is 400 g/mol. The first-order chi connectivity index (χ1) is 14.5. The molecule has 3 rings (SSSR count). The van der Waals surface area contributed by atoms with E-state index in [1.54, 1.807) is 36.4 Å². The molecule has 2 atom stereocenters. The minimum atomic E-state index is -1.18. The molecule has 2 aromatic carbocycles. The second-order valence-electron chi connectivity index (χ2n) is 6.81. The Morgan fingerprint density at radius 3 is 2.40 bits per heavy atom. The van der Waals surface area contributed by atoms with Crippen molar-refractivity contribution in [2.75, 3.05) is 12.9 Å². The molecule has 152 valence electrons. The van der Waals surface area contributed by atoms with Crippen molar-refractivity contribution in [2.24, 2.45) is 5.92 Å². The largest absolute Gasteiger partial charge is 0.468 e. The van der Waals surface area contributed by atoms with Gasteiger partial charge in [-0.1, -0.05) is 71.9 Å². The van der Waals surface area contributed by atoms with Gasteiger partial charge in [0.2, 0.25) is 5.91 Å². The number of thioether (sulfide) groups is 1. The molecular formula is C23H20N2O4S. The second kappa shape index (κ2) is 9.42. The third kappa shape index (κ3) is 4.44. The fourth-order valence-electron chi connectivity index (χ4n) is 3.30. The van der Waals surface area contributed by atoms with Gasteiger partial charge in [-0.25, -0.2) is 0 Å². The Hall–Kier alpha value is -3.37. The van der Waals surface area contributed by atoms with E-state index in [0.29, 0.717) is 11.1 Å². The molecule has 0 saturated heterocycles. The molecule has 0 spiro atoms. The van der Waals surface area contributed by atoms with Crippen molar-refractivity contribution in [1.82, 2.24) is 5.32 Å². The van der Waals surface area contributed by atoms with Crippen LogP contribution < -0.4 is 5.32 Å². The zero-order chi connectivity index (χ0) is 21.7. The lowest BCUT2D eigenvalue weighted by atomic mass is 9.78. The van der Waals surface area contributed by atoms with E-state index in [-0.39, 0.29) is 22.1 Å². The predicted molar refractivity (Wildman–Crippen MR) is 113 cm³/mol. The van der Waals surface area contributed by atoms with Crippen LogP contribution in [0.3, 0.4) is 0 Å². The van der Waals surface area contributed by atoms with Gasteiger partial charge >= 0.3 is 5.97 Å². The van der Waals surface area contributed by atoms with Crippen LogP contribution in [0.4, 0.5) is 0 Å². The van der Waals surface area contributed by atoms with Crippen LogP contribution in [0.25, 0.3) is 0 Å². The number of carbonyl (C=O) groups excluding carboxylic acids is 3. The zero-order valence-electron chi connectivity index (χ0n) is 16.5. The molecule has 2 unspecified atom stereocenters. The number of Topliss-reactive ketones (excluding diaryl/α,β-unsaturated/α-hetero) is 1. The molecule has 1 heterocycles. The number of rotatable bonds is 6. The van der Waals surface area contributed by atoms with E-state index in [0.717, 1.165) is 17.3 Å². The number of nitriles is 1. The smallest absolute Gasteiger partial charge is 0.319 e. The van der Waals surface area contributed by atoms with Crippen LogP contribution in [-0.2, 0) is 14.3 Å². The number of esters is 1. The number of amides is 1.